The monoisotopic (exact) mass is 461 g/mol. The lowest BCUT2D eigenvalue weighted by Gasteiger charge is -2.11. The topological polar surface area (TPSA) is 55.4 Å². The highest BCUT2D eigenvalue weighted by Gasteiger charge is 2.26. The second kappa shape index (κ2) is 9.55. The Kier molecular flexibility index (Phi) is 6.56. The van der Waals surface area contributed by atoms with E-state index in [0.717, 1.165) is 38.3 Å². The predicted molar refractivity (Wildman–Crippen MR) is 132 cm³/mol. The minimum absolute atomic E-state index is 0.103. The van der Waals surface area contributed by atoms with Crippen molar-refractivity contribution in [3.05, 3.63) is 94.8 Å². The summed E-state index contributed by atoms with van der Waals surface area (Å²) in [6, 6.07) is 19.4. The van der Waals surface area contributed by atoms with Crippen molar-refractivity contribution in [2.24, 2.45) is 0 Å². The summed E-state index contributed by atoms with van der Waals surface area (Å²) in [6.07, 6.45) is 3.76. The van der Waals surface area contributed by atoms with Crippen LogP contribution >= 0.6 is 0 Å². The van der Waals surface area contributed by atoms with Gasteiger partial charge in [0.2, 0.25) is 5.91 Å². The largest absolute Gasteiger partial charge is 0.495 e. The Labute approximate surface area is 195 Å². The first-order chi connectivity index (χ1) is 15.9. The number of anilines is 1. The second-order valence-electron chi connectivity index (χ2n) is 7.80. The number of fused-ring (bicyclic) bond motifs is 1. The Bertz CT molecular complexity index is 1310. The minimum Gasteiger partial charge on any atom is -0.495 e. The third-order valence-corrected chi connectivity index (χ3v) is 6.63. The molecule has 0 aromatic heterocycles. The van der Waals surface area contributed by atoms with Gasteiger partial charge in [0.25, 0.3) is 0 Å². The van der Waals surface area contributed by atoms with Crippen LogP contribution < -0.4 is 10.1 Å². The minimum atomic E-state index is -1.04. The van der Waals surface area contributed by atoms with Gasteiger partial charge in [0.1, 0.15) is 11.6 Å². The molecule has 1 atom stereocenters. The van der Waals surface area contributed by atoms with Gasteiger partial charge >= 0.3 is 0 Å². The lowest BCUT2D eigenvalue weighted by Crippen LogP contribution is -2.12. The molecule has 0 aliphatic heterocycles. The zero-order valence-corrected chi connectivity index (χ0v) is 19.5. The Morgan fingerprint density at radius 3 is 2.48 bits per heavy atom. The van der Waals surface area contributed by atoms with Crippen LogP contribution in [0.4, 0.5) is 10.1 Å². The van der Waals surface area contributed by atoms with E-state index in [1.54, 1.807) is 31.6 Å². The average molecular weight is 462 g/mol. The molecule has 0 heterocycles. The first-order valence-corrected chi connectivity index (χ1v) is 12.0. The van der Waals surface area contributed by atoms with Crippen molar-refractivity contribution < 1.29 is 18.1 Å². The van der Waals surface area contributed by atoms with Crippen LogP contribution in [0.2, 0.25) is 0 Å². The van der Waals surface area contributed by atoms with Crippen molar-refractivity contribution in [3.63, 3.8) is 0 Å². The van der Waals surface area contributed by atoms with E-state index < -0.39 is 10.8 Å². The van der Waals surface area contributed by atoms with Gasteiger partial charge in [-0.25, -0.2) is 4.39 Å². The fourth-order valence-electron chi connectivity index (χ4n) is 4.01. The molecule has 4 rings (SSSR count). The number of nitrogens with one attached hydrogen (secondary N) is 1. The second-order valence-corrected chi connectivity index (χ2v) is 9.18. The first kappa shape index (κ1) is 22.7. The molecule has 1 unspecified atom stereocenters. The third kappa shape index (κ3) is 4.81. The number of para-hydroxylation sites is 2. The van der Waals surface area contributed by atoms with Crippen LogP contribution in [0.25, 0.3) is 17.2 Å². The molecule has 0 bridgehead atoms. The van der Waals surface area contributed by atoms with Crippen LogP contribution in [0.3, 0.4) is 0 Å². The molecule has 1 aliphatic rings. The van der Waals surface area contributed by atoms with Crippen LogP contribution in [0.15, 0.2) is 77.2 Å². The number of hydrogen-bond donors (Lipinski definition) is 1. The predicted octanol–water partition coefficient (Wildman–Crippen LogP) is 5.93. The fraction of sp³-hybridized carbons (Fsp3) is 0.148. The molecule has 3 aromatic carbocycles. The number of carbonyl (C=O) groups excluding carboxylic acids is 1. The Morgan fingerprint density at radius 2 is 1.79 bits per heavy atom. The van der Waals surface area contributed by atoms with Crippen molar-refractivity contribution in [1.82, 2.24) is 0 Å². The smallest absolute Gasteiger partial charge is 0.228 e. The van der Waals surface area contributed by atoms with Crippen LogP contribution in [0.5, 0.6) is 5.75 Å². The Balaban J connectivity index is 1.68. The zero-order valence-electron chi connectivity index (χ0n) is 18.6. The maximum absolute atomic E-state index is 14.1. The highest BCUT2D eigenvalue weighted by atomic mass is 32.2. The van der Waals surface area contributed by atoms with Crippen molar-refractivity contribution in [2.75, 3.05) is 18.7 Å². The average Bonchev–Trinajstić information content (AvgIpc) is 3.05. The summed E-state index contributed by atoms with van der Waals surface area (Å²) in [5.41, 5.74) is 5.79. The molecule has 1 aliphatic carbocycles. The van der Waals surface area contributed by atoms with Crippen molar-refractivity contribution >= 4 is 39.6 Å². The number of methoxy groups -OCH3 is 1. The normalized spacial score (nSPS) is 14.8. The van der Waals surface area contributed by atoms with E-state index in [1.165, 1.54) is 12.1 Å². The molecule has 0 spiro atoms. The van der Waals surface area contributed by atoms with Crippen molar-refractivity contribution in [3.8, 4) is 5.75 Å². The highest BCUT2D eigenvalue weighted by molar-refractivity contribution is 7.84. The SMILES string of the molecule is COc1ccccc1NC(=O)CC1=C(C)/C(=C\c2ccc(S(C)=O)cc2)c2ccc(F)cc21. The van der Waals surface area contributed by atoms with Gasteiger partial charge in [-0.15, -0.1) is 0 Å². The summed E-state index contributed by atoms with van der Waals surface area (Å²) < 4.78 is 31.1. The van der Waals surface area contributed by atoms with Crippen LogP contribution in [0.1, 0.15) is 30.0 Å². The first-order valence-electron chi connectivity index (χ1n) is 10.5. The maximum Gasteiger partial charge on any atom is 0.228 e. The molecule has 0 fully saturated rings. The summed E-state index contributed by atoms with van der Waals surface area (Å²) >= 11 is 0. The lowest BCUT2D eigenvalue weighted by atomic mass is 10.0. The van der Waals surface area contributed by atoms with Gasteiger partial charge in [-0.3, -0.25) is 9.00 Å². The van der Waals surface area contributed by atoms with Gasteiger partial charge in [-0.05, 0) is 82.8 Å². The number of halogens is 1. The molecule has 168 valence electrons. The van der Waals surface area contributed by atoms with E-state index in [2.05, 4.69) is 5.32 Å². The van der Waals surface area contributed by atoms with Crippen LogP contribution in [-0.2, 0) is 15.6 Å². The Hall–Kier alpha value is -3.51. The number of rotatable bonds is 6. The summed E-state index contributed by atoms with van der Waals surface area (Å²) in [5, 5.41) is 2.90. The summed E-state index contributed by atoms with van der Waals surface area (Å²) in [6.45, 7) is 1.95. The third-order valence-electron chi connectivity index (χ3n) is 5.70. The van der Waals surface area contributed by atoms with Gasteiger partial charge in [0.15, 0.2) is 0 Å². The van der Waals surface area contributed by atoms with E-state index in [-0.39, 0.29) is 18.1 Å². The van der Waals surface area contributed by atoms with Crippen molar-refractivity contribution in [1.29, 1.82) is 0 Å². The molecule has 0 saturated heterocycles. The summed E-state index contributed by atoms with van der Waals surface area (Å²) in [4.78, 5) is 13.7. The summed E-state index contributed by atoms with van der Waals surface area (Å²) in [5.74, 6) is 0.0202. The molecule has 33 heavy (non-hydrogen) atoms. The summed E-state index contributed by atoms with van der Waals surface area (Å²) in [7, 11) is 0.507. The molecule has 1 N–H and O–H groups in total. The fourth-order valence-corrected chi connectivity index (χ4v) is 4.53. The molecule has 6 heteroatoms. The molecular formula is C27H24FNO3S. The molecule has 0 radical (unpaired) electrons. The van der Waals surface area contributed by atoms with Gasteiger partial charge in [-0.2, -0.15) is 0 Å². The van der Waals surface area contributed by atoms with Crippen LogP contribution in [0, 0.1) is 5.82 Å². The van der Waals surface area contributed by atoms with E-state index in [1.807, 2.05) is 49.4 Å². The van der Waals surface area contributed by atoms with E-state index in [4.69, 9.17) is 4.74 Å². The maximum atomic E-state index is 14.1. The van der Waals surface area contributed by atoms with E-state index in [0.29, 0.717) is 11.4 Å². The van der Waals surface area contributed by atoms with Gasteiger partial charge < -0.3 is 10.1 Å². The molecule has 1 amide bonds. The molecule has 0 saturated carbocycles. The molecular weight excluding hydrogens is 437 g/mol. The number of allylic oxidation sites excluding steroid dienone is 2. The van der Waals surface area contributed by atoms with Gasteiger partial charge in [-0.1, -0.05) is 30.3 Å². The quantitative estimate of drug-likeness (QED) is 0.495. The van der Waals surface area contributed by atoms with Crippen molar-refractivity contribution in [2.45, 2.75) is 18.2 Å². The number of hydrogen-bond acceptors (Lipinski definition) is 3. The number of carbonyl (C=O) groups is 1. The molecule has 3 aromatic rings. The van der Waals surface area contributed by atoms with Gasteiger partial charge in [0, 0.05) is 22.0 Å². The highest BCUT2D eigenvalue weighted by Crippen LogP contribution is 2.44. The van der Waals surface area contributed by atoms with E-state index in [9.17, 15) is 13.4 Å². The van der Waals surface area contributed by atoms with E-state index >= 15 is 0 Å². The zero-order chi connectivity index (χ0) is 23.5. The van der Waals surface area contributed by atoms with Gasteiger partial charge in [0.05, 0.1) is 19.2 Å². The number of ether oxygens (including phenoxy) is 1. The number of benzene rings is 3. The lowest BCUT2D eigenvalue weighted by molar-refractivity contribution is -0.115. The standard InChI is InChI=1S/C27H24FNO3S/c1-17-22(14-18-8-11-20(12-9-18)33(3)31)21-13-10-19(28)15-24(21)23(17)16-27(30)29-25-6-4-5-7-26(25)32-2/h4-15H,16H2,1-3H3,(H,29,30)/b22-14+. The molecule has 4 nitrogen and oxygen atoms in total. The van der Waals surface area contributed by atoms with Crippen LogP contribution in [-0.4, -0.2) is 23.5 Å². The number of amides is 1. The Morgan fingerprint density at radius 1 is 1.06 bits per heavy atom.